The Balaban J connectivity index is 0.00000264. The first-order chi connectivity index (χ1) is 10.7. The third-order valence-corrected chi connectivity index (χ3v) is 4.04. The van der Waals surface area contributed by atoms with Crippen LogP contribution in [0.15, 0.2) is 41.8 Å². The Kier molecular flexibility index (Phi) is 8.55. The van der Waals surface area contributed by atoms with Gasteiger partial charge in [-0.2, -0.15) is 0 Å². The van der Waals surface area contributed by atoms with Gasteiger partial charge in [-0.1, -0.05) is 31.2 Å². The van der Waals surface area contributed by atoms with Gasteiger partial charge in [0, 0.05) is 18.7 Å². The summed E-state index contributed by atoms with van der Waals surface area (Å²) in [4.78, 5) is 25.4. The van der Waals surface area contributed by atoms with E-state index in [-0.39, 0.29) is 24.1 Å². The highest BCUT2D eigenvalue weighted by Crippen LogP contribution is 2.18. The second-order valence-electron chi connectivity index (χ2n) is 4.86. The summed E-state index contributed by atoms with van der Waals surface area (Å²) in [5.74, 6) is -0.316. The van der Waals surface area contributed by atoms with Crippen LogP contribution in [0.3, 0.4) is 0 Å². The Morgan fingerprint density at radius 2 is 1.74 bits per heavy atom. The fraction of sp³-hybridized carbons (Fsp3) is 0.294. The molecule has 4 nitrogen and oxygen atoms in total. The van der Waals surface area contributed by atoms with E-state index in [9.17, 15) is 9.59 Å². The van der Waals surface area contributed by atoms with E-state index in [1.807, 2.05) is 11.4 Å². The van der Waals surface area contributed by atoms with Crippen molar-refractivity contribution < 1.29 is 9.59 Å². The van der Waals surface area contributed by atoms with Gasteiger partial charge in [0.05, 0.1) is 10.4 Å². The van der Waals surface area contributed by atoms with Crippen molar-refractivity contribution in [3.05, 3.63) is 57.8 Å². The Morgan fingerprint density at radius 1 is 1.00 bits per heavy atom. The number of ketones is 1. The minimum Gasteiger partial charge on any atom is -0.351 e. The molecule has 0 saturated heterocycles. The number of carbonyl (C=O) groups is 2. The first kappa shape index (κ1) is 19.4. The predicted octanol–water partition coefficient (Wildman–Crippen LogP) is 3.13. The van der Waals surface area contributed by atoms with E-state index in [1.54, 1.807) is 30.3 Å². The monoisotopic (exact) mass is 352 g/mol. The Bertz CT molecular complexity index is 629. The number of hydrogen-bond donors (Lipinski definition) is 2. The Hall–Kier alpha value is -1.69. The van der Waals surface area contributed by atoms with Gasteiger partial charge >= 0.3 is 0 Å². The van der Waals surface area contributed by atoms with Crippen LogP contribution >= 0.6 is 23.7 Å². The minimum absolute atomic E-state index is 0. The van der Waals surface area contributed by atoms with Crippen molar-refractivity contribution in [3.8, 4) is 0 Å². The molecule has 0 bridgehead atoms. The zero-order chi connectivity index (χ0) is 15.8. The molecule has 6 heteroatoms. The van der Waals surface area contributed by atoms with Crippen LogP contribution in [-0.4, -0.2) is 31.3 Å². The zero-order valence-corrected chi connectivity index (χ0v) is 14.6. The number of amides is 1. The van der Waals surface area contributed by atoms with Crippen molar-refractivity contribution in [2.75, 3.05) is 19.6 Å². The number of halogens is 1. The lowest BCUT2D eigenvalue weighted by Crippen LogP contribution is -2.32. The molecule has 1 amide bonds. The molecule has 0 fully saturated rings. The van der Waals surface area contributed by atoms with E-state index in [1.165, 1.54) is 11.3 Å². The van der Waals surface area contributed by atoms with E-state index in [2.05, 4.69) is 17.6 Å². The molecule has 0 unspecified atom stereocenters. The van der Waals surface area contributed by atoms with E-state index in [0.29, 0.717) is 22.5 Å². The number of hydrogen-bond acceptors (Lipinski definition) is 4. The van der Waals surface area contributed by atoms with Gasteiger partial charge in [0.15, 0.2) is 0 Å². The van der Waals surface area contributed by atoms with Gasteiger partial charge in [-0.25, -0.2) is 0 Å². The average Bonchev–Trinajstić information content (AvgIpc) is 3.08. The normalized spacial score (nSPS) is 9.96. The second-order valence-corrected chi connectivity index (χ2v) is 5.81. The third kappa shape index (κ3) is 5.46. The van der Waals surface area contributed by atoms with Crippen LogP contribution < -0.4 is 10.6 Å². The first-order valence-electron chi connectivity index (χ1n) is 7.40. The summed E-state index contributed by atoms with van der Waals surface area (Å²) in [6.07, 6.45) is 1.06. The largest absolute Gasteiger partial charge is 0.351 e. The Morgan fingerprint density at radius 3 is 2.39 bits per heavy atom. The van der Waals surface area contributed by atoms with Gasteiger partial charge in [0.25, 0.3) is 5.91 Å². The van der Waals surface area contributed by atoms with Crippen LogP contribution in [0.25, 0.3) is 0 Å². The summed E-state index contributed by atoms with van der Waals surface area (Å²) in [6, 6.07) is 10.5. The van der Waals surface area contributed by atoms with Crippen molar-refractivity contribution in [2.24, 2.45) is 0 Å². The van der Waals surface area contributed by atoms with Crippen molar-refractivity contribution in [1.29, 1.82) is 0 Å². The van der Waals surface area contributed by atoms with Gasteiger partial charge in [-0.3, -0.25) is 9.59 Å². The molecule has 1 heterocycles. The molecular weight excluding hydrogens is 332 g/mol. The summed E-state index contributed by atoms with van der Waals surface area (Å²) in [5, 5.41) is 7.93. The molecule has 0 aliphatic heterocycles. The van der Waals surface area contributed by atoms with Crippen LogP contribution in [0, 0.1) is 0 Å². The van der Waals surface area contributed by atoms with Crippen molar-refractivity contribution in [2.45, 2.75) is 13.3 Å². The topological polar surface area (TPSA) is 58.2 Å². The van der Waals surface area contributed by atoms with Gasteiger partial charge < -0.3 is 10.6 Å². The maximum Gasteiger partial charge on any atom is 0.252 e. The average molecular weight is 353 g/mol. The fourth-order valence-electron chi connectivity index (χ4n) is 2.08. The lowest BCUT2D eigenvalue weighted by molar-refractivity contribution is 0.0943. The molecule has 2 rings (SSSR count). The van der Waals surface area contributed by atoms with Crippen LogP contribution in [0.4, 0.5) is 0 Å². The standard InChI is InChI=1S/C17H20N2O2S.ClH/c1-2-9-18-10-11-19-17(21)14-7-4-3-6-13(14)16(20)15-8-5-12-22-15;/h3-8,12,18H,2,9-11H2,1H3,(H,19,21);1H. The molecular formula is C17H21ClN2O2S. The molecule has 23 heavy (non-hydrogen) atoms. The van der Waals surface area contributed by atoms with Crippen molar-refractivity contribution >= 4 is 35.4 Å². The van der Waals surface area contributed by atoms with E-state index >= 15 is 0 Å². The van der Waals surface area contributed by atoms with E-state index < -0.39 is 0 Å². The number of rotatable bonds is 8. The quantitative estimate of drug-likeness (QED) is 0.567. The van der Waals surface area contributed by atoms with Gasteiger partial charge in [-0.05, 0) is 30.5 Å². The molecule has 0 radical (unpaired) electrons. The molecule has 0 atom stereocenters. The molecule has 2 N–H and O–H groups in total. The molecule has 1 aromatic heterocycles. The van der Waals surface area contributed by atoms with Gasteiger partial charge in [-0.15, -0.1) is 23.7 Å². The first-order valence-corrected chi connectivity index (χ1v) is 8.28. The van der Waals surface area contributed by atoms with Gasteiger partial charge in [0.2, 0.25) is 5.78 Å². The predicted molar refractivity (Wildman–Crippen MR) is 96.9 cm³/mol. The minimum atomic E-state index is -0.209. The molecule has 124 valence electrons. The number of nitrogens with one attached hydrogen (secondary N) is 2. The molecule has 0 spiro atoms. The highest BCUT2D eigenvalue weighted by Gasteiger charge is 2.18. The number of thiophene rings is 1. The van der Waals surface area contributed by atoms with Crippen molar-refractivity contribution in [3.63, 3.8) is 0 Å². The fourth-order valence-corrected chi connectivity index (χ4v) is 2.76. The molecule has 0 aliphatic rings. The zero-order valence-electron chi connectivity index (χ0n) is 13.0. The van der Waals surface area contributed by atoms with Crippen LogP contribution in [0.1, 0.15) is 38.9 Å². The summed E-state index contributed by atoms with van der Waals surface area (Å²) < 4.78 is 0. The number of carbonyl (C=O) groups excluding carboxylic acids is 2. The summed E-state index contributed by atoms with van der Waals surface area (Å²) in [7, 11) is 0. The lowest BCUT2D eigenvalue weighted by Gasteiger charge is -2.09. The van der Waals surface area contributed by atoms with Gasteiger partial charge in [0.1, 0.15) is 0 Å². The highest BCUT2D eigenvalue weighted by atomic mass is 35.5. The highest BCUT2D eigenvalue weighted by molar-refractivity contribution is 7.12. The van der Waals surface area contributed by atoms with Crippen LogP contribution in [0.2, 0.25) is 0 Å². The number of benzene rings is 1. The molecule has 1 aromatic carbocycles. The summed E-state index contributed by atoms with van der Waals surface area (Å²) >= 11 is 1.38. The second kappa shape index (κ2) is 10.2. The molecule has 0 saturated carbocycles. The molecule has 0 aliphatic carbocycles. The summed E-state index contributed by atoms with van der Waals surface area (Å²) in [6.45, 7) is 4.29. The SMILES string of the molecule is CCCNCCNC(=O)c1ccccc1C(=O)c1cccs1.Cl. The maximum atomic E-state index is 12.5. The third-order valence-electron chi connectivity index (χ3n) is 3.18. The van der Waals surface area contributed by atoms with Crippen LogP contribution in [-0.2, 0) is 0 Å². The summed E-state index contributed by atoms with van der Waals surface area (Å²) in [5.41, 5.74) is 0.875. The van der Waals surface area contributed by atoms with E-state index in [0.717, 1.165) is 19.5 Å². The Labute approximate surface area is 146 Å². The lowest BCUT2D eigenvalue weighted by atomic mass is 10.0. The van der Waals surface area contributed by atoms with Crippen molar-refractivity contribution in [1.82, 2.24) is 10.6 Å². The molecule has 2 aromatic rings. The van der Waals surface area contributed by atoms with E-state index in [4.69, 9.17) is 0 Å². The maximum absolute atomic E-state index is 12.5. The van der Waals surface area contributed by atoms with Crippen LogP contribution in [0.5, 0.6) is 0 Å². The smallest absolute Gasteiger partial charge is 0.252 e.